The molecule has 0 radical (unpaired) electrons. The molecule has 0 spiro atoms. The Labute approximate surface area is 176 Å². The predicted molar refractivity (Wildman–Crippen MR) is 106 cm³/mol. The summed E-state index contributed by atoms with van der Waals surface area (Å²) in [6.45, 7) is 0. The van der Waals surface area contributed by atoms with Crippen molar-refractivity contribution in [3.05, 3.63) is 36.3 Å². The SMILES string of the molecule is COC1CCC2C=NN(C)C2C1S(=O)(=O)Nc1ccc(-n2ccc(C(F)(F)F)n2)nc1. The average Bonchev–Trinajstić information content (AvgIpc) is 3.35. The quantitative estimate of drug-likeness (QED) is 0.737. The highest BCUT2D eigenvalue weighted by Crippen LogP contribution is 2.36. The molecule has 4 rings (SSSR count). The lowest BCUT2D eigenvalue weighted by Gasteiger charge is -2.40. The fourth-order valence-electron chi connectivity index (χ4n) is 4.13. The van der Waals surface area contributed by atoms with Crippen molar-refractivity contribution in [3.8, 4) is 5.82 Å². The van der Waals surface area contributed by atoms with Crippen molar-refractivity contribution < 1.29 is 26.3 Å². The Morgan fingerprint density at radius 2 is 2.00 bits per heavy atom. The van der Waals surface area contributed by atoms with Gasteiger partial charge in [-0.25, -0.2) is 18.1 Å². The maximum absolute atomic E-state index is 13.2. The lowest BCUT2D eigenvalue weighted by Crippen LogP contribution is -2.56. The number of hydrogen-bond acceptors (Lipinski definition) is 7. The molecule has 0 amide bonds. The number of rotatable bonds is 5. The smallest absolute Gasteiger partial charge is 0.380 e. The van der Waals surface area contributed by atoms with E-state index in [1.54, 1.807) is 18.3 Å². The van der Waals surface area contributed by atoms with Crippen LogP contribution < -0.4 is 4.72 Å². The Kier molecular flexibility index (Phi) is 5.41. The topological polar surface area (TPSA) is 102 Å². The van der Waals surface area contributed by atoms with Crippen LogP contribution in [0.4, 0.5) is 18.9 Å². The van der Waals surface area contributed by atoms with Gasteiger partial charge in [-0.2, -0.15) is 23.4 Å². The van der Waals surface area contributed by atoms with Crippen molar-refractivity contribution in [1.82, 2.24) is 19.8 Å². The van der Waals surface area contributed by atoms with Crippen LogP contribution in [0, 0.1) is 5.92 Å². The van der Waals surface area contributed by atoms with E-state index in [-0.39, 0.29) is 23.5 Å². The fraction of sp³-hybridized carbons (Fsp3) is 0.500. The molecule has 4 atom stereocenters. The molecule has 13 heteroatoms. The van der Waals surface area contributed by atoms with Crippen LogP contribution in [0.5, 0.6) is 0 Å². The van der Waals surface area contributed by atoms with Crippen LogP contribution in [-0.4, -0.2) is 66.0 Å². The second-order valence-electron chi connectivity index (χ2n) is 7.50. The Balaban J connectivity index is 1.54. The number of hydrazone groups is 1. The first-order chi connectivity index (χ1) is 14.6. The fourth-order valence-corrected chi connectivity index (χ4v) is 6.11. The number of nitrogens with zero attached hydrogens (tertiary/aromatic N) is 5. The minimum absolute atomic E-state index is 0.0149. The minimum Gasteiger partial charge on any atom is -0.380 e. The van der Waals surface area contributed by atoms with Gasteiger partial charge in [0.15, 0.2) is 11.5 Å². The summed E-state index contributed by atoms with van der Waals surface area (Å²) in [5.41, 5.74) is -0.857. The molecule has 2 aromatic heterocycles. The molecule has 1 aliphatic heterocycles. The van der Waals surface area contributed by atoms with Gasteiger partial charge in [0.25, 0.3) is 0 Å². The minimum atomic E-state index is -4.56. The van der Waals surface area contributed by atoms with Crippen molar-refractivity contribution in [1.29, 1.82) is 0 Å². The Bertz CT molecular complexity index is 1070. The maximum atomic E-state index is 13.2. The summed E-state index contributed by atoms with van der Waals surface area (Å²) in [7, 11) is -0.667. The third-order valence-electron chi connectivity index (χ3n) is 5.58. The molecule has 1 saturated carbocycles. The van der Waals surface area contributed by atoms with Gasteiger partial charge in [-0.3, -0.25) is 9.73 Å². The number of ether oxygens (including phenoxy) is 1. The van der Waals surface area contributed by atoms with Crippen LogP contribution in [0.3, 0.4) is 0 Å². The Morgan fingerprint density at radius 1 is 1.23 bits per heavy atom. The molecular weight excluding hydrogens is 437 g/mol. The second-order valence-corrected chi connectivity index (χ2v) is 9.34. The number of pyridine rings is 1. The van der Waals surface area contributed by atoms with E-state index in [0.29, 0.717) is 6.42 Å². The van der Waals surface area contributed by atoms with Crippen LogP contribution >= 0.6 is 0 Å². The van der Waals surface area contributed by atoms with Crippen molar-refractivity contribution in [2.45, 2.75) is 36.4 Å². The van der Waals surface area contributed by atoms with Gasteiger partial charge in [-0.05, 0) is 31.0 Å². The molecule has 1 aliphatic carbocycles. The lowest BCUT2D eigenvalue weighted by atomic mass is 9.83. The van der Waals surface area contributed by atoms with E-state index in [2.05, 4.69) is 19.9 Å². The van der Waals surface area contributed by atoms with E-state index >= 15 is 0 Å². The number of anilines is 1. The number of fused-ring (bicyclic) bond motifs is 1. The molecule has 0 bridgehead atoms. The van der Waals surface area contributed by atoms with Crippen LogP contribution in [0.15, 0.2) is 35.7 Å². The summed E-state index contributed by atoms with van der Waals surface area (Å²) in [5, 5.41) is 8.48. The Morgan fingerprint density at radius 3 is 2.61 bits per heavy atom. The van der Waals surface area contributed by atoms with Gasteiger partial charge in [0.1, 0.15) is 5.25 Å². The van der Waals surface area contributed by atoms with E-state index < -0.39 is 33.2 Å². The van der Waals surface area contributed by atoms with Gasteiger partial charge in [0, 0.05) is 32.5 Å². The summed E-state index contributed by atoms with van der Waals surface area (Å²) in [5.74, 6) is 0.135. The number of sulfonamides is 1. The first kappa shape index (κ1) is 21.6. The molecule has 9 nitrogen and oxygen atoms in total. The summed E-state index contributed by atoms with van der Waals surface area (Å²) >= 11 is 0. The zero-order valence-electron chi connectivity index (χ0n) is 16.7. The summed E-state index contributed by atoms with van der Waals surface area (Å²) in [6.07, 6.45) is 0.446. The molecule has 168 valence electrons. The monoisotopic (exact) mass is 458 g/mol. The van der Waals surface area contributed by atoms with Crippen LogP contribution in [0.2, 0.25) is 0 Å². The molecule has 4 unspecified atom stereocenters. The first-order valence-electron chi connectivity index (χ1n) is 9.51. The zero-order valence-corrected chi connectivity index (χ0v) is 17.5. The van der Waals surface area contributed by atoms with Gasteiger partial charge >= 0.3 is 6.18 Å². The molecule has 0 aromatic carbocycles. The molecule has 2 aromatic rings. The number of alkyl halides is 3. The number of methoxy groups -OCH3 is 1. The van der Waals surface area contributed by atoms with E-state index in [4.69, 9.17) is 4.74 Å². The molecule has 31 heavy (non-hydrogen) atoms. The highest BCUT2D eigenvalue weighted by molar-refractivity contribution is 7.93. The highest BCUT2D eigenvalue weighted by atomic mass is 32.2. The van der Waals surface area contributed by atoms with E-state index in [1.807, 2.05) is 0 Å². The van der Waals surface area contributed by atoms with Gasteiger partial charge in [0.05, 0.1) is 24.0 Å². The molecule has 2 aliphatic rings. The largest absolute Gasteiger partial charge is 0.435 e. The lowest BCUT2D eigenvalue weighted by molar-refractivity contribution is -0.141. The molecule has 3 heterocycles. The van der Waals surface area contributed by atoms with Crippen molar-refractivity contribution in [3.63, 3.8) is 0 Å². The maximum Gasteiger partial charge on any atom is 0.435 e. The van der Waals surface area contributed by atoms with Gasteiger partial charge < -0.3 is 4.74 Å². The predicted octanol–water partition coefficient (Wildman–Crippen LogP) is 2.12. The normalized spacial score (nSPS) is 26.2. The molecular formula is C18H21F3N6O3S. The standard InChI is InChI=1S/C18H21F3N6O3S/c1-26-16-11(9-23-26)3-5-13(30-2)17(16)31(28,29)25-12-4-6-15(22-10-12)27-8-7-14(24-27)18(19,20)21/h4,6-11,13,16-17,25H,3,5H2,1-2H3. The van der Waals surface area contributed by atoms with E-state index in [9.17, 15) is 21.6 Å². The Hall–Kier alpha value is -2.67. The van der Waals surface area contributed by atoms with Gasteiger partial charge in [-0.15, -0.1) is 0 Å². The zero-order chi connectivity index (χ0) is 22.4. The van der Waals surface area contributed by atoms with Crippen molar-refractivity contribution >= 4 is 21.9 Å². The van der Waals surface area contributed by atoms with Crippen molar-refractivity contribution in [2.24, 2.45) is 11.0 Å². The summed E-state index contributed by atoms with van der Waals surface area (Å²) < 4.78 is 73.6. The summed E-state index contributed by atoms with van der Waals surface area (Å²) in [4.78, 5) is 4.03. The molecule has 1 fully saturated rings. The van der Waals surface area contributed by atoms with Crippen LogP contribution in [-0.2, 0) is 20.9 Å². The van der Waals surface area contributed by atoms with Gasteiger partial charge in [-0.1, -0.05) is 0 Å². The average molecular weight is 458 g/mol. The van der Waals surface area contributed by atoms with Crippen molar-refractivity contribution in [2.75, 3.05) is 18.9 Å². The number of hydrogen-bond donors (Lipinski definition) is 1. The second kappa shape index (κ2) is 7.79. The third kappa shape index (κ3) is 4.11. The molecule has 0 saturated heterocycles. The van der Waals surface area contributed by atoms with Gasteiger partial charge in [0.2, 0.25) is 10.0 Å². The van der Waals surface area contributed by atoms with E-state index in [0.717, 1.165) is 23.4 Å². The number of aromatic nitrogens is 3. The van der Waals surface area contributed by atoms with E-state index in [1.165, 1.54) is 25.4 Å². The highest BCUT2D eigenvalue weighted by Gasteiger charge is 2.50. The first-order valence-corrected chi connectivity index (χ1v) is 11.1. The number of nitrogens with one attached hydrogen (secondary N) is 1. The number of halogens is 3. The van der Waals surface area contributed by atoms with Crippen LogP contribution in [0.25, 0.3) is 5.82 Å². The summed E-state index contributed by atoms with van der Waals surface area (Å²) in [6, 6.07) is 3.29. The van der Waals surface area contributed by atoms with Crippen LogP contribution in [0.1, 0.15) is 18.5 Å². The molecule has 1 N–H and O–H groups in total. The third-order valence-corrected chi connectivity index (χ3v) is 7.40.